The molecule has 1 aliphatic heterocycles. The van der Waals surface area contributed by atoms with Crippen LogP contribution in [0.25, 0.3) is 10.2 Å². The number of fused-ring (bicyclic) bond motifs is 2. The number of aromatic nitrogens is 1. The van der Waals surface area contributed by atoms with Gasteiger partial charge in [0.25, 0.3) is 15.9 Å². The van der Waals surface area contributed by atoms with Gasteiger partial charge in [0.2, 0.25) is 6.79 Å². The standard InChI is InChI=1S/C23H18ClN3O5S2/c1-2-27-18-11-19-20(32-13-31-19)12-21(18)33-23(27)25-22(28)14-4-3-5-16(10-14)26-34(29,30)17-8-6-15(24)7-9-17/h3-12,26H,2,13H2,1H3. The van der Waals surface area contributed by atoms with E-state index < -0.39 is 15.9 Å². The number of hydrogen-bond donors (Lipinski definition) is 1. The predicted molar refractivity (Wildman–Crippen MR) is 130 cm³/mol. The maximum Gasteiger partial charge on any atom is 0.279 e. The molecule has 34 heavy (non-hydrogen) atoms. The fourth-order valence-electron chi connectivity index (χ4n) is 3.55. The molecule has 1 aromatic heterocycles. The van der Waals surface area contributed by atoms with Crippen LogP contribution < -0.4 is 19.0 Å². The molecule has 3 aromatic carbocycles. The summed E-state index contributed by atoms with van der Waals surface area (Å²) in [6.45, 7) is 2.76. The van der Waals surface area contributed by atoms with Crippen LogP contribution in [0.2, 0.25) is 5.02 Å². The summed E-state index contributed by atoms with van der Waals surface area (Å²) in [4.78, 5) is 17.9. The minimum Gasteiger partial charge on any atom is -0.454 e. The van der Waals surface area contributed by atoms with Gasteiger partial charge < -0.3 is 14.0 Å². The van der Waals surface area contributed by atoms with Crippen LogP contribution >= 0.6 is 22.9 Å². The van der Waals surface area contributed by atoms with Gasteiger partial charge in [0.05, 0.1) is 15.1 Å². The maximum atomic E-state index is 13.0. The van der Waals surface area contributed by atoms with E-state index >= 15 is 0 Å². The highest BCUT2D eigenvalue weighted by atomic mass is 35.5. The SMILES string of the molecule is CCn1c(=NC(=O)c2cccc(NS(=O)(=O)c3ccc(Cl)cc3)c2)sc2cc3c(cc21)OCO3. The molecule has 5 rings (SSSR count). The van der Waals surface area contributed by atoms with E-state index in [0.717, 1.165) is 10.2 Å². The average molecular weight is 516 g/mol. The Hall–Kier alpha value is -3.34. The molecular formula is C23H18ClN3O5S2. The van der Waals surface area contributed by atoms with Gasteiger partial charge in [-0.25, -0.2) is 8.42 Å². The fraction of sp³-hybridized carbons (Fsp3) is 0.130. The summed E-state index contributed by atoms with van der Waals surface area (Å²) in [5.41, 5.74) is 1.40. The van der Waals surface area contributed by atoms with Crippen molar-refractivity contribution in [1.82, 2.24) is 4.57 Å². The van der Waals surface area contributed by atoms with Crippen LogP contribution in [-0.4, -0.2) is 25.7 Å². The first-order valence-corrected chi connectivity index (χ1v) is 12.9. The van der Waals surface area contributed by atoms with Crippen molar-refractivity contribution in [3.63, 3.8) is 0 Å². The molecule has 0 unspecified atom stereocenters. The molecule has 0 atom stereocenters. The molecule has 0 bridgehead atoms. The predicted octanol–water partition coefficient (Wildman–Crippen LogP) is 4.65. The highest BCUT2D eigenvalue weighted by Crippen LogP contribution is 2.37. The second-order valence-electron chi connectivity index (χ2n) is 7.36. The third-order valence-corrected chi connectivity index (χ3v) is 7.87. The van der Waals surface area contributed by atoms with E-state index in [1.165, 1.54) is 41.7 Å². The lowest BCUT2D eigenvalue weighted by Gasteiger charge is -2.09. The Morgan fingerprint density at radius 2 is 1.85 bits per heavy atom. The van der Waals surface area contributed by atoms with Crippen molar-refractivity contribution in [3.8, 4) is 11.5 Å². The quantitative estimate of drug-likeness (QED) is 0.417. The van der Waals surface area contributed by atoms with Crippen molar-refractivity contribution in [2.24, 2.45) is 4.99 Å². The minimum atomic E-state index is -3.84. The van der Waals surface area contributed by atoms with Gasteiger partial charge in [-0.15, -0.1) is 0 Å². The normalized spacial score (nSPS) is 13.4. The number of amides is 1. The number of thiazole rings is 1. The van der Waals surface area contributed by atoms with Crippen LogP contribution in [-0.2, 0) is 16.6 Å². The molecule has 0 radical (unpaired) electrons. The molecule has 0 aliphatic carbocycles. The van der Waals surface area contributed by atoms with Crippen molar-refractivity contribution >= 4 is 54.8 Å². The number of sulfonamides is 1. The number of benzene rings is 3. The molecule has 174 valence electrons. The summed E-state index contributed by atoms with van der Waals surface area (Å²) >= 11 is 7.21. The summed E-state index contributed by atoms with van der Waals surface area (Å²) in [5, 5.41) is 0.434. The molecular weight excluding hydrogens is 498 g/mol. The summed E-state index contributed by atoms with van der Waals surface area (Å²) in [6.07, 6.45) is 0. The number of nitrogens with zero attached hydrogens (tertiary/aromatic N) is 2. The zero-order valence-corrected chi connectivity index (χ0v) is 20.2. The number of nitrogens with one attached hydrogen (secondary N) is 1. The molecule has 1 N–H and O–H groups in total. The second-order valence-corrected chi connectivity index (χ2v) is 10.5. The van der Waals surface area contributed by atoms with Gasteiger partial charge in [-0.3, -0.25) is 9.52 Å². The number of anilines is 1. The van der Waals surface area contributed by atoms with Crippen molar-refractivity contribution < 1.29 is 22.7 Å². The number of rotatable bonds is 5. The fourth-order valence-corrected chi connectivity index (χ4v) is 5.82. The molecule has 0 spiro atoms. The Morgan fingerprint density at radius 3 is 2.59 bits per heavy atom. The summed E-state index contributed by atoms with van der Waals surface area (Å²) in [7, 11) is -3.84. The number of carbonyl (C=O) groups is 1. The van der Waals surface area contributed by atoms with Crippen molar-refractivity contribution in [2.75, 3.05) is 11.5 Å². The van der Waals surface area contributed by atoms with Crippen molar-refractivity contribution in [2.45, 2.75) is 18.4 Å². The Kier molecular flexibility index (Phi) is 5.80. The van der Waals surface area contributed by atoms with Gasteiger partial charge >= 0.3 is 0 Å². The van der Waals surface area contributed by atoms with Crippen LogP contribution in [0.1, 0.15) is 17.3 Å². The molecule has 0 saturated heterocycles. The maximum absolute atomic E-state index is 13.0. The van der Waals surface area contributed by atoms with Crippen LogP contribution in [0, 0.1) is 0 Å². The van der Waals surface area contributed by atoms with E-state index in [4.69, 9.17) is 21.1 Å². The number of carbonyl (C=O) groups excluding carboxylic acids is 1. The number of aryl methyl sites for hydroxylation is 1. The van der Waals surface area contributed by atoms with Gasteiger partial charge in [0, 0.05) is 35.0 Å². The molecule has 1 aliphatic rings. The number of ether oxygens (including phenoxy) is 2. The van der Waals surface area contributed by atoms with Gasteiger partial charge in [-0.2, -0.15) is 4.99 Å². The Balaban J connectivity index is 1.46. The molecule has 0 saturated carbocycles. The average Bonchev–Trinajstić information content (AvgIpc) is 3.40. The Bertz CT molecular complexity index is 1590. The monoisotopic (exact) mass is 515 g/mol. The highest BCUT2D eigenvalue weighted by molar-refractivity contribution is 7.92. The Morgan fingerprint density at radius 1 is 1.12 bits per heavy atom. The van der Waals surface area contributed by atoms with E-state index in [1.807, 2.05) is 23.6 Å². The number of hydrogen-bond acceptors (Lipinski definition) is 6. The summed E-state index contributed by atoms with van der Waals surface area (Å²) < 4.78 is 41.6. The molecule has 0 fully saturated rings. The summed E-state index contributed by atoms with van der Waals surface area (Å²) in [6, 6.07) is 15.8. The topological polar surface area (TPSA) is 99.0 Å². The van der Waals surface area contributed by atoms with Crippen LogP contribution in [0.15, 0.2) is 70.6 Å². The third kappa shape index (κ3) is 4.27. The zero-order chi connectivity index (χ0) is 23.9. The van der Waals surface area contributed by atoms with Crippen LogP contribution in [0.5, 0.6) is 11.5 Å². The molecule has 4 aromatic rings. The zero-order valence-electron chi connectivity index (χ0n) is 17.8. The van der Waals surface area contributed by atoms with E-state index in [2.05, 4.69) is 9.71 Å². The lowest BCUT2D eigenvalue weighted by Crippen LogP contribution is -2.16. The molecule has 8 nitrogen and oxygen atoms in total. The highest BCUT2D eigenvalue weighted by Gasteiger charge is 2.18. The first-order chi connectivity index (χ1) is 16.3. The molecule has 11 heteroatoms. The van der Waals surface area contributed by atoms with Gasteiger partial charge in [-0.1, -0.05) is 29.0 Å². The van der Waals surface area contributed by atoms with E-state index in [9.17, 15) is 13.2 Å². The summed E-state index contributed by atoms with van der Waals surface area (Å²) in [5.74, 6) is 0.836. The number of halogens is 1. The van der Waals surface area contributed by atoms with Gasteiger partial charge in [-0.05, 0) is 49.4 Å². The lowest BCUT2D eigenvalue weighted by molar-refractivity contribution is 0.0998. The minimum absolute atomic E-state index is 0.0624. The Labute approximate surface area is 204 Å². The first kappa shape index (κ1) is 22.5. The third-order valence-electron chi connectivity index (χ3n) is 5.18. The van der Waals surface area contributed by atoms with Gasteiger partial charge in [0.15, 0.2) is 16.3 Å². The van der Waals surface area contributed by atoms with E-state index in [0.29, 0.717) is 27.9 Å². The molecule has 2 heterocycles. The smallest absolute Gasteiger partial charge is 0.279 e. The van der Waals surface area contributed by atoms with Gasteiger partial charge in [0.1, 0.15) is 0 Å². The van der Waals surface area contributed by atoms with Crippen LogP contribution in [0.4, 0.5) is 5.69 Å². The largest absolute Gasteiger partial charge is 0.454 e. The van der Waals surface area contributed by atoms with Crippen molar-refractivity contribution in [1.29, 1.82) is 0 Å². The van der Waals surface area contributed by atoms with E-state index in [-0.39, 0.29) is 22.9 Å². The lowest BCUT2D eigenvalue weighted by atomic mass is 10.2. The molecule has 1 amide bonds. The van der Waals surface area contributed by atoms with E-state index in [1.54, 1.807) is 18.2 Å². The van der Waals surface area contributed by atoms with Crippen molar-refractivity contribution in [3.05, 3.63) is 76.1 Å². The van der Waals surface area contributed by atoms with Crippen LogP contribution in [0.3, 0.4) is 0 Å². The first-order valence-electron chi connectivity index (χ1n) is 10.2. The second kappa shape index (κ2) is 8.79.